The second kappa shape index (κ2) is 4.57. The van der Waals surface area contributed by atoms with E-state index in [9.17, 15) is 5.11 Å². The van der Waals surface area contributed by atoms with E-state index in [0.29, 0.717) is 17.3 Å². The predicted molar refractivity (Wildman–Crippen MR) is 71.6 cm³/mol. The number of benzene rings is 2. The van der Waals surface area contributed by atoms with Crippen molar-refractivity contribution in [3.63, 3.8) is 0 Å². The third-order valence-corrected chi connectivity index (χ3v) is 2.87. The molecule has 0 atom stereocenters. The smallest absolute Gasteiger partial charge is 0.261 e. The van der Waals surface area contributed by atoms with Gasteiger partial charge in [0.2, 0.25) is 5.82 Å². The highest BCUT2D eigenvalue weighted by atomic mass is 16.5. The second-order valence-electron chi connectivity index (χ2n) is 4.31. The number of hydrogen-bond acceptors (Lipinski definition) is 4. The third-order valence-electron chi connectivity index (χ3n) is 2.87. The number of phenols is 1. The summed E-state index contributed by atoms with van der Waals surface area (Å²) in [5, 5.41) is 13.7. The van der Waals surface area contributed by atoms with E-state index in [0.717, 1.165) is 5.56 Å². The van der Waals surface area contributed by atoms with Gasteiger partial charge >= 0.3 is 0 Å². The Morgan fingerprint density at radius 1 is 1.00 bits per heavy atom. The van der Waals surface area contributed by atoms with E-state index in [1.54, 1.807) is 18.2 Å². The van der Waals surface area contributed by atoms with E-state index in [1.807, 2.05) is 37.3 Å². The van der Waals surface area contributed by atoms with Gasteiger partial charge in [-0.1, -0.05) is 47.1 Å². The Morgan fingerprint density at radius 2 is 1.74 bits per heavy atom. The van der Waals surface area contributed by atoms with Crippen molar-refractivity contribution in [1.82, 2.24) is 10.1 Å². The molecule has 0 bridgehead atoms. The number of aryl methyl sites for hydroxylation is 1. The van der Waals surface area contributed by atoms with Crippen molar-refractivity contribution in [2.24, 2.45) is 0 Å². The van der Waals surface area contributed by atoms with Crippen molar-refractivity contribution in [2.45, 2.75) is 6.92 Å². The molecule has 1 N–H and O–H groups in total. The molecule has 3 rings (SSSR count). The van der Waals surface area contributed by atoms with Crippen LogP contribution in [0.15, 0.2) is 53.1 Å². The second-order valence-corrected chi connectivity index (χ2v) is 4.31. The zero-order valence-electron chi connectivity index (χ0n) is 10.4. The minimum absolute atomic E-state index is 0.126. The molecule has 4 heteroatoms. The molecule has 0 aliphatic carbocycles. The minimum atomic E-state index is 0.126. The average molecular weight is 252 g/mol. The molecule has 0 aliphatic rings. The summed E-state index contributed by atoms with van der Waals surface area (Å²) in [6.07, 6.45) is 0. The van der Waals surface area contributed by atoms with E-state index in [-0.39, 0.29) is 5.75 Å². The van der Waals surface area contributed by atoms with Crippen LogP contribution in [-0.2, 0) is 0 Å². The highest BCUT2D eigenvalue weighted by molar-refractivity contribution is 5.64. The van der Waals surface area contributed by atoms with Crippen LogP contribution < -0.4 is 0 Å². The maximum absolute atomic E-state index is 9.75. The van der Waals surface area contributed by atoms with Gasteiger partial charge in [-0.05, 0) is 19.1 Å². The summed E-state index contributed by atoms with van der Waals surface area (Å²) in [5.41, 5.74) is 2.59. The summed E-state index contributed by atoms with van der Waals surface area (Å²) in [7, 11) is 0. The first kappa shape index (κ1) is 11.5. The van der Waals surface area contributed by atoms with Crippen LogP contribution in [0.25, 0.3) is 22.8 Å². The molecule has 1 heterocycles. The molecular formula is C15H12N2O2. The summed E-state index contributed by atoms with van der Waals surface area (Å²) >= 11 is 0. The van der Waals surface area contributed by atoms with E-state index < -0.39 is 0 Å². The first-order chi connectivity index (χ1) is 9.24. The van der Waals surface area contributed by atoms with Crippen molar-refractivity contribution < 1.29 is 9.63 Å². The van der Waals surface area contributed by atoms with E-state index >= 15 is 0 Å². The molecule has 0 unspecified atom stereocenters. The minimum Gasteiger partial charge on any atom is -0.507 e. The number of phenolic OH excluding ortho intramolecular Hbond substituents is 1. The fourth-order valence-corrected chi connectivity index (χ4v) is 1.81. The molecular weight excluding hydrogens is 240 g/mol. The molecule has 0 spiro atoms. The standard InChI is InChI=1S/C15H12N2O2/c1-10-6-8-11(9-7-10)14-16-15(19-17-14)12-4-2-3-5-13(12)18/h2-9,18H,1H3. The van der Waals surface area contributed by atoms with Gasteiger partial charge in [0.1, 0.15) is 5.75 Å². The van der Waals surface area contributed by atoms with Gasteiger partial charge in [-0.3, -0.25) is 0 Å². The van der Waals surface area contributed by atoms with Gasteiger partial charge in [-0.2, -0.15) is 4.98 Å². The Labute approximate surface area is 110 Å². The topological polar surface area (TPSA) is 59.2 Å². The van der Waals surface area contributed by atoms with Gasteiger partial charge in [0.05, 0.1) is 5.56 Å². The third kappa shape index (κ3) is 2.20. The molecule has 2 aromatic carbocycles. The van der Waals surface area contributed by atoms with Crippen molar-refractivity contribution in [1.29, 1.82) is 0 Å². The number of para-hydroxylation sites is 1. The molecule has 0 saturated heterocycles. The Balaban J connectivity index is 2.00. The zero-order chi connectivity index (χ0) is 13.2. The molecule has 4 nitrogen and oxygen atoms in total. The monoisotopic (exact) mass is 252 g/mol. The van der Waals surface area contributed by atoms with Crippen LogP contribution in [0.5, 0.6) is 5.75 Å². The summed E-state index contributed by atoms with van der Waals surface area (Å²) in [6, 6.07) is 14.7. The predicted octanol–water partition coefficient (Wildman–Crippen LogP) is 3.42. The fourth-order valence-electron chi connectivity index (χ4n) is 1.81. The molecule has 0 amide bonds. The maximum atomic E-state index is 9.75. The zero-order valence-corrected chi connectivity index (χ0v) is 10.4. The van der Waals surface area contributed by atoms with Crippen molar-refractivity contribution in [3.05, 3.63) is 54.1 Å². The summed E-state index contributed by atoms with van der Waals surface area (Å²) in [4.78, 5) is 4.30. The Morgan fingerprint density at radius 3 is 2.47 bits per heavy atom. The van der Waals surface area contributed by atoms with Gasteiger partial charge in [-0.25, -0.2) is 0 Å². The quantitative estimate of drug-likeness (QED) is 0.759. The lowest BCUT2D eigenvalue weighted by molar-refractivity contribution is 0.426. The van der Waals surface area contributed by atoms with Crippen LogP contribution in [0.1, 0.15) is 5.56 Å². The number of aromatic nitrogens is 2. The van der Waals surface area contributed by atoms with Gasteiger partial charge < -0.3 is 9.63 Å². The lowest BCUT2D eigenvalue weighted by Gasteiger charge is -1.97. The van der Waals surface area contributed by atoms with Gasteiger partial charge in [0, 0.05) is 5.56 Å². The van der Waals surface area contributed by atoms with Gasteiger partial charge in [-0.15, -0.1) is 0 Å². The van der Waals surface area contributed by atoms with E-state index in [2.05, 4.69) is 10.1 Å². The first-order valence-electron chi connectivity index (χ1n) is 5.93. The fraction of sp³-hybridized carbons (Fsp3) is 0.0667. The lowest BCUT2D eigenvalue weighted by Crippen LogP contribution is -1.82. The normalized spacial score (nSPS) is 10.6. The van der Waals surface area contributed by atoms with Crippen LogP contribution in [-0.4, -0.2) is 15.2 Å². The van der Waals surface area contributed by atoms with Crippen LogP contribution in [0, 0.1) is 6.92 Å². The molecule has 1 aromatic heterocycles. The average Bonchev–Trinajstić information content (AvgIpc) is 2.89. The Hall–Kier alpha value is -2.62. The largest absolute Gasteiger partial charge is 0.507 e. The van der Waals surface area contributed by atoms with Crippen LogP contribution in [0.2, 0.25) is 0 Å². The number of rotatable bonds is 2. The number of hydrogen-bond donors (Lipinski definition) is 1. The van der Waals surface area contributed by atoms with Crippen molar-refractivity contribution in [3.8, 4) is 28.6 Å². The number of aromatic hydroxyl groups is 1. The SMILES string of the molecule is Cc1ccc(-c2noc(-c3ccccc3O)n2)cc1. The van der Waals surface area contributed by atoms with Crippen molar-refractivity contribution in [2.75, 3.05) is 0 Å². The summed E-state index contributed by atoms with van der Waals surface area (Å²) in [5.74, 6) is 0.952. The molecule has 0 aliphatic heterocycles. The highest BCUT2D eigenvalue weighted by Crippen LogP contribution is 2.28. The molecule has 0 fully saturated rings. The maximum Gasteiger partial charge on any atom is 0.261 e. The first-order valence-corrected chi connectivity index (χ1v) is 5.93. The molecule has 0 radical (unpaired) electrons. The molecule has 3 aromatic rings. The molecule has 19 heavy (non-hydrogen) atoms. The summed E-state index contributed by atoms with van der Waals surface area (Å²) < 4.78 is 5.20. The number of nitrogens with zero attached hydrogens (tertiary/aromatic N) is 2. The van der Waals surface area contributed by atoms with E-state index in [1.165, 1.54) is 5.56 Å². The summed E-state index contributed by atoms with van der Waals surface area (Å²) in [6.45, 7) is 2.02. The van der Waals surface area contributed by atoms with Gasteiger partial charge in [0.25, 0.3) is 5.89 Å². The van der Waals surface area contributed by atoms with Crippen LogP contribution in [0.3, 0.4) is 0 Å². The van der Waals surface area contributed by atoms with Crippen molar-refractivity contribution >= 4 is 0 Å². The highest BCUT2D eigenvalue weighted by Gasteiger charge is 2.13. The Kier molecular flexibility index (Phi) is 2.76. The van der Waals surface area contributed by atoms with Gasteiger partial charge in [0.15, 0.2) is 0 Å². The Bertz CT molecular complexity index is 702. The molecule has 0 saturated carbocycles. The van der Waals surface area contributed by atoms with Crippen LogP contribution >= 0.6 is 0 Å². The lowest BCUT2D eigenvalue weighted by atomic mass is 10.1. The van der Waals surface area contributed by atoms with E-state index in [4.69, 9.17) is 4.52 Å². The van der Waals surface area contributed by atoms with Crippen LogP contribution in [0.4, 0.5) is 0 Å². The molecule has 94 valence electrons.